The fraction of sp³-hybridized carbons (Fsp3) is 0.333. The Kier molecular flexibility index (Phi) is 15.5. The monoisotopic (exact) mass is 994 g/mol. The Balaban J connectivity index is 1.54. The van der Waals surface area contributed by atoms with Gasteiger partial charge in [0.15, 0.2) is 23.3 Å². The molecule has 0 saturated carbocycles. The third kappa shape index (κ3) is 9.59. The van der Waals surface area contributed by atoms with Crippen molar-refractivity contribution >= 4 is 44.1 Å². The van der Waals surface area contributed by atoms with Crippen LogP contribution in [-0.4, -0.2) is 186 Å². The van der Waals surface area contributed by atoms with Gasteiger partial charge < -0.3 is 88.7 Å². The molecule has 10 N–H and O–H groups in total. The zero-order valence-electron chi connectivity index (χ0n) is 38.5. The number of hydrogen-bond acceptors (Lipinski definition) is 22. The van der Waals surface area contributed by atoms with Crippen molar-refractivity contribution in [2.75, 3.05) is 106 Å². The van der Waals surface area contributed by atoms with Crippen LogP contribution in [-0.2, 0) is 0 Å². The molecule has 378 valence electrons. The number of rotatable bonds is 24. The van der Waals surface area contributed by atoms with Crippen LogP contribution in [0.15, 0.2) is 48.5 Å². The van der Waals surface area contributed by atoms with Gasteiger partial charge in [-0.2, -0.15) is 0 Å². The quantitative estimate of drug-likeness (QED) is 0.0413. The largest absolute Gasteiger partial charge is 0.490 e. The van der Waals surface area contributed by atoms with E-state index in [0.29, 0.717) is 21.5 Å². The van der Waals surface area contributed by atoms with Gasteiger partial charge in [0.2, 0.25) is 0 Å². The van der Waals surface area contributed by atoms with Crippen molar-refractivity contribution in [1.82, 2.24) is 39.9 Å². The number of hydrogen-bond donors (Lipinski definition) is 10. The number of aliphatic hydroxyl groups excluding tert-OH is 8. The first-order valence-corrected chi connectivity index (χ1v) is 22.8. The van der Waals surface area contributed by atoms with Crippen LogP contribution in [0.3, 0.4) is 0 Å². The number of aliphatic hydroxyl groups is 8. The van der Waals surface area contributed by atoms with E-state index in [1.54, 1.807) is 48.5 Å². The number of nitrogens with zero attached hydrogens (tertiary/aromatic N) is 6. The molecule has 0 radical (unpaired) electrons. The molecule has 2 aliphatic heterocycles. The molecule has 0 spiro atoms. The van der Waals surface area contributed by atoms with Crippen LogP contribution < -0.4 is 37.9 Å². The minimum absolute atomic E-state index is 0.00480. The van der Waals surface area contributed by atoms with E-state index in [9.17, 15) is 40.9 Å². The van der Waals surface area contributed by atoms with E-state index in [0.717, 1.165) is 0 Å². The molecule has 8 bridgehead atoms. The van der Waals surface area contributed by atoms with Crippen LogP contribution in [0.1, 0.15) is 0 Å². The van der Waals surface area contributed by atoms with Gasteiger partial charge in [-0.25, -0.2) is 29.9 Å². The molecule has 5 heterocycles. The van der Waals surface area contributed by atoms with Crippen molar-refractivity contribution in [1.29, 1.82) is 0 Å². The maximum absolute atomic E-state index is 9.93. The molecular weight excluding hydrogens is 945 g/mol. The molecule has 72 heavy (non-hydrogen) atoms. The fourth-order valence-electron chi connectivity index (χ4n) is 8.27. The standard InChI is InChI=1S/C48H50N8O16/c57-9-17-65-25-1-2-26(66-18-10-58)34-33(25)41-49-42(34)54-44-37-29(69-21-13-61)5-6-30(70-22-14-62)38(37)46(51-44)56-48-40-32(72-24-16-64)8-7-31(71-23-15-63)39(40)47(52-48)55-45-36-28(68-20-12-60)4-3-27(67-19-11-59)35(36)43(50-45)53-41/h1-8,57-64H,9-24H2,(H2,49,50,51,52,53,54,55,56). The lowest BCUT2D eigenvalue weighted by Gasteiger charge is -2.14. The topological polar surface area (TPSA) is 345 Å². The second-order valence-electron chi connectivity index (χ2n) is 15.4. The van der Waals surface area contributed by atoms with Gasteiger partial charge in [0.25, 0.3) is 0 Å². The van der Waals surface area contributed by atoms with Crippen LogP contribution in [0, 0.1) is 0 Å². The highest BCUT2D eigenvalue weighted by Gasteiger charge is 2.33. The third-order valence-electron chi connectivity index (χ3n) is 10.9. The van der Waals surface area contributed by atoms with Crippen LogP contribution in [0.5, 0.6) is 46.0 Å². The van der Waals surface area contributed by atoms with Crippen LogP contribution >= 0.6 is 0 Å². The lowest BCUT2D eigenvalue weighted by molar-refractivity contribution is 0.199. The van der Waals surface area contributed by atoms with E-state index in [1.807, 2.05) is 0 Å². The zero-order valence-corrected chi connectivity index (χ0v) is 38.5. The van der Waals surface area contributed by atoms with Crippen molar-refractivity contribution in [3.8, 4) is 91.5 Å². The third-order valence-corrected chi connectivity index (χ3v) is 10.9. The first kappa shape index (κ1) is 49.3. The lowest BCUT2D eigenvalue weighted by atomic mass is 10.0. The minimum Gasteiger partial charge on any atom is -0.490 e. The average molecular weight is 995 g/mol. The zero-order chi connectivity index (χ0) is 50.1. The first-order chi connectivity index (χ1) is 35.4. The maximum atomic E-state index is 9.93. The predicted molar refractivity (Wildman–Crippen MR) is 257 cm³/mol. The molecule has 4 aromatic carbocycles. The molecule has 0 atom stereocenters. The van der Waals surface area contributed by atoms with Gasteiger partial charge in [0, 0.05) is 0 Å². The number of ether oxygens (including phenoxy) is 8. The summed E-state index contributed by atoms with van der Waals surface area (Å²) in [5.41, 5.74) is 1.49. The highest BCUT2D eigenvalue weighted by molar-refractivity contribution is 6.14. The summed E-state index contributed by atoms with van der Waals surface area (Å²) in [6.45, 7) is -3.77. The van der Waals surface area contributed by atoms with Gasteiger partial charge in [0.1, 0.15) is 121 Å². The Morgan fingerprint density at radius 3 is 0.694 bits per heavy atom. The second-order valence-corrected chi connectivity index (χ2v) is 15.4. The fourth-order valence-corrected chi connectivity index (χ4v) is 8.27. The molecule has 0 unspecified atom stereocenters. The van der Waals surface area contributed by atoms with Crippen LogP contribution in [0.2, 0.25) is 0 Å². The van der Waals surface area contributed by atoms with Crippen molar-refractivity contribution in [3.63, 3.8) is 0 Å². The summed E-state index contributed by atoms with van der Waals surface area (Å²) in [6, 6.07) is 12.9. The number of H-pyrrole nitrogens is 2. The SMILES string of the molecule is OCCOc1ccc(OCCO)c2c1-c1nc3nc(nc4[nH]c(nc5[nH]c(nc-2n1)c1c(OCCO)ccc(OCCO)c51)c1c(OCCO)ccc(OCCO)c41)-c1c(OCCO)ccc(OCCO)c1-3. The van der Waals surface area contributed by atoms with Crippen molar-refractivity contribution in [3.05, 3.63) is 48.5 Å². The molecule has 0 amide bonds. The number of fused-ring (bicyclic) bond motifs is 20. The summed E-state index contributed by atoms with van der Waals surface area (Å²) in [6.07, 6.45) is 0. The summed E-state index contributed by atoms with van der Waals surface area (Å²) in [4.78, 5) is 37.1. The molecule has 0 fully saturated rings. The van der Waals surface area contributed by atoms with E-state index >= 15 is 0 Å². The Labute approximate surface area is 407 Å². The van der Waals surface area contributed by atoms with Crippen molar-refractivity contribution < 1.29 is 78.7 Å². The first-order valence-electron chi connectivity index (χ1n) is 22.8. The van der Waals surface area contributed by atoms with E-state index in [1.165, 1.54) is 0 Å². The molecule has 0 aliphatic carbocycles. The number of nitrogens with one attached hydrogen (secondary N) is 2. The van der Waals surface area contributed by atoms with Gasteiger partial charge in [-0.15, -0.1) is 0 Å². The maximum Gasteiger partial charge on any atom is 0.168 e. The highest BCUT2D eigenvalue weighted by Crippen LogP contribution is 2.50. The van der Waals surface area contributed by atoms with Crippen molar-refractivity contribution in [2.24, 2.45) is 0 Å². The molecule has 3 aromatic heterocycles. The van der Waals surface area contributed by atoms with E-state index in [2.05, 4.69) is 9.97 Å². The van der Waals surface area contributed by atoms with Crippen LogP contribution in [0.4, 0.5) is 0 Å². The minimum atomic E-state index is -0.348. The molecule has 9 rings (SSSR count). The highest BCUT2D eigenvalue weighted by atomic mass is 16.5. The Hall–Kier alpha value is -7.68. The van der Waals surface area contributed by atoms with E-state index in [4.69, 9.17) is 67.8 Å². The number of benzene rings is 4. The molecule has 0 saturated heterocycles. The Bertz CT molecular complexity index is 3050. The normalized spacial score (nSPS) is 11.7. The molecule has 24 heteroatoms. The number of aromatic amines is 2. The second kappa shape index (κ2) is 22.6. The Morgan fingerprint density at radius 1 is 0.264 bits per heavy atom. The van der Waals surface area contributed by atoms with Crippen LogP contribution in [0.25, 0.3) is 89.7 Å². The van der Waals surface area contributed by atoms with E-state index < -0.39 is 0 Å². The Morgan fingerprint density at radius 2 is 0.458 bits per heavy atom. The summed E-state index contributed by atoms with van der Waals surface area (Å²) in [5.74, 6) is 1.80. The van der Waals surface area contributed by atoms with Gasteiger partial charge in [0.05, 0.1) is 96.7 Å². The summed E-state index contributed by atoms with van der Waals surface area (Å²) in [5, 5.41) is 80.7. The van der Waals surface area contributed by atoms with E-state index in [-0.39, 0.29) is 220 Å². The molecule has 24 nitrogen and oxygen atoms in total. The number of aromatic nitrogens is 8. The summed E-state index contributed by atoms with van der Waals surface area (Å²) >= 11 is 0. The lowest BCUT2D eigenvalue weighted by Crippen LogP contribution is -2.06. The van der Waals surface area contributed by atoms with Gasteiger partial charge in [-0.1, -0.05) is 0 Å². The van der Waals surface area contributed by atoms with Gasteiger partial charge >= 0.3 is 0 Å². The summed E-state index contributed by atoms with van der Waals surface area (Å²) in [7, 11) is 0. The van der Waals surface area contributed by atoms with Crippen molar-refractivity contribution in [2.45, 2.75) is 0 Å². The predicted octanol–water partition coefficient (Wildman–Crippen LogP) is 1.84. The average Bonchev–Trinajstić information content (AvgIpc) is 4.16. The molecule has 2 aliphatic rings. The molecular formula is C48H50N8O16. The van der Waals surface area contributed by atoms with Gasteiger partial charge in [-0.3, -0.25) is 0 Å². The smallest absolute Gasteiger partial charge is 0.168 e. The van der Waals surface area contributed by atoms with Gasteiger partial charge in [-0.05, 0) is 48.5 Å². The summed E-state index contributed by atoms with van der Waals surface area (Å²) < 4.78 is 48.8. The molecule has 7 aromatic rings.